The third-order valence-corrected chi connectivity index (χ3v) is 3.58. The second kappa shape index (κ2) is 6.83. The van der Waals surface area contributed by atoms with Crippen LogP contribution in [0.1, 0.15) is 25.3 Å². The fourth-order valence-electron chi connectivity index (χ4n) is 1.78. The third-order valence-electron chi connectivity index (χ3n) is 2.86. The quantitative estimate of drug-likeness (QED) is 0.746. The van der Waals surface area contributed by atoms with Crippen LogP contribution in [0.15, 0.2) is 30.3 Å². The molecule has 4 nitrogen and oxygen atoms in total. The lowest BCUT2D eigenvalue weighted by Crippen LogP contribution is -2.15. The van der Waals surface area contributed by atoms with Gasteiger partial charge in [0.2, 0.25) is 0 Å². The van der Waals surface area contributed by atoms with E-state index in [2.05, 4.69) is 0 Å². The zero-order valence-corrected chi connectivity index (χ0v) is 11.3. The van der Waals surface area contributed by atoms with E-state index in [0.29, 0.717) is 6.42 Å². The molecule has 0 aliphatic carbocycles. The molecule has 2 N–H and O–H groups in total. The Hall–Kier alpha value is -0.960. The van der Waals surface area contributed by atoms with E-state index < -0.39 is 13.8 Å². The lowest BCUT2D eigenvalue weighted by atomic mass is 9.98. The maximum absolute atomic E-state index is 11.5. The summed E-state index contributed by atoms with van der Waals surface area (Å²) >= 11 is 0. The minimum Gasteiger partial charge on any atom is -0.324 e. The van der Waals surface area contributed by atoms with Gasteiger partial charge in [0, 0.05) is 5.92 Å². The standard InChI is InChI=1S/C13H19O4P/c1-11(13(14)10-18(15,16)17)6-5-9-12-7-3-2-4-8-12/h2-4,7-8,11H,5-6,9-10H2,1H3,(H2,15,16,17)/t11-/m0/s1. The Morgan fingerprint density at radius 1 is 1.28 bits per heavy atom. The molecule has 0 radical (unpaired) electrons. The summed E-state index contributed by atoms with van der Waals surface area (Å²) in [6.07, 6.45) is 1.75. The number of hydrogen-bond acceptors (Lipinski definition) is 2. The lowest BCUT2D eigenvalue weighted by molar-refractivity contribution is -0.120. The van der Waals surface area contributed by atoms with Gasteiger partial charge < -0.3 is 9.79 Å². The summed E-state index contributed by atoms with van der Waals surface area (Å²) < 4.78 is 10.7. The van der Waals surface area contributed by atoms with Gasteiger partial charge in [-0.15, -0.1) is 0 Å². The van der Waals surface area contributed by atoms with Crippen LogP contribution >= 0.6 is 7.60 Å². The fraction of sp³-hybridized carbons (Fsp3) is 0.462. The first-order chi connectivity index (χ1) is 8.38. The highest BCUT2D eigenvalue weighted by Gasteiger charge is 2.22. The summed E-state index contributed by atoms with van der Waals surface area (Å²) in [5, 5.41) is 0. The molecule has 100 valence electrons. The Morgan fingerprint density at radius 3 is 2.44 bits per heavy atom. The molecule has 1 atom stereocenters. The number of Topliss-reactive ketones (excluding diaryl/α,β-unsaturated/α-hetero) is 1. The third kappa shape index (κ3) is 6.10. The smallest absolute Gasteiger partial charge is 0.324 e. The summed E-state index contributed by atoms with van der Waals surface area (Å²) in [5.41, 5.74) is 1.21. The monoisotopic (exact) mass is 270 g/mol. The highest BCUT2D eigenvalue weighted by atomic mass is 31.2. The van der Waals surface area contributed by atoms with Crippen LogP contribution in [0, 0.1) is 5.92 Å². The fourth-order valence-corrected chi connectivity index (χ4v) is 2.49. The SMILES string of the molecule is C[C@@H](CCCc1ccccc1)C(=O)CP(=O)(O)O. The summed E-state index contributed by atoms with van der Waals surface area (Å²) in [5.74, 6) is -0.641. The van der Waals surface area contributed by atoms with E-state index in [4.69, 9.17) is 9.79 Å². The number of carbonyl (C=O) groups excluding carboxylic acids is 1. The highest BCUT2D eigenvalue weighted by molar-refractivity contribution is 7.52. The van der Waals surface area contributed by atoms with Gasteiger partial charge in [0.1, 0.15) is 11.9 Å². The molecule has 0 aromatic heterocycles. The van der Waals surface area contributed by atoms with Crippen LogP contribution in [0.2, 0.25) is 0 Å². The van der Waals surface area contributed by atoms with E-state index in [0.717, 1.165) is 12.8 Å². The molecule has 0 unspecified atom stereocenters. The van der Waals surface area contributed by atoms with Crippen molar-refractivity contribution in [3.05, 3.63) is 35.9 Å². The number of aryl methyl sites for hydroxylation is 1. The van der Waals surface area contributed by atoms with Crippen molar-refractivity contribution in [2.75, 3.05) is 6.16 Å². The lowest BCUT2D eigenvalue weighted by Gasteiger charge is -2.11. The zero-order chi connectivity index (χ0) is 13.6. The first kappa shape index (κ1) is 15.1. The molecule has 0 fully saturated rings. The van der Waals surface area contributed by atoms with Gasteiger partial charge in [0.15, 0.2) is 0 Å². The van der Waals surface area contributed by atoms with Gasteiger partial charge in [0.25, 0.3) is 0 Å². The molecule has 1 aromatic rings. The number of rotatable bonds is 7. The molecule has 0 aliphatic rings. The number of ketones is 1. The Labute approximate surface area is 107 Å². The minimum atomic E-state index is -4.22. The minimum absolute atomic E-state index is 0.290. The largest absolute Gasteiger partial charge is 0.332 e. The van der Waals surface area contributed by atoms with E-state index in [1.54, 1.807) is 6.92 Å². The average molecular weight is 270 g/mol. The van der Waals surface area contributed by atoms with Crippen molar-refractivity contribution in [3.8, 4) is 0 Å². The van der Waals surface area contributed by atoms with Crippen molar-refractivity contribution in [1.82, 2.24) is 0 Å². The maximum atomic E-state index is 11.5. The molecule has 18 heavy (non-hydrogen) atoms. The molecule has 0 amide bonds. The summed E-state index contributed by atoms with van der Waals surface area (Å²) in [7, 11) is -4.22. The van der Waals surface area contributed by atoms with Gasteiger partial charge in [-0.2, -0.15) is 0 Å². The molecule has 1 rings (SSSR count). The van der Waals surface area contributed by atoms with Crippen molar-refractivity contribution in [1.29, 1.82) is 0 Å². The predicted octanol–water partition coefficient (Wildman–Crippen LogP) is 2.39. The van der Waals surface area contributed by atoms with Crippen LogP contribution in [0.25, 0.3) is 0 Å². The summed E-state index contributed by atoms with van der Waals surface area (Å²) in [4.78, 5) is 29.0. The number of hydrogen-bond donors (Lipinski definition) is 2. The molecule has 0 spiro atoms. The van der Waals surface area contributed by atoms with Crippen molar-refractivity contribution >= 4 is 13.4 Å². The second-order valence-electron chi connectivity index (χ2n) is 4.57. The topological polar surface area (TPSA) is 74.6 Å². The van der Waals surface area contributed by atoms with Crippen LogP contribution in [-0.2, 0) is 15.8 Å². The van der Waals surface area contributed by atoms with Crippen LogP contribution in [0.4, 0.5) is 0 Å². The average Bonchev–Trinajstić information content (AvgIpc) is 2.28. The van der Waals surface area contributed by atoms with E-state index in [-0.39, 0.29) is 11.7 Å². The number of carbonyl (C=O) groups is 1. The van der Waals surface area contributed by atoms with Crippen LogP contribution in [-0.4, -0.2) is 21.7 Å². The molecule has 0 saturated carbocycles. The zero-order valence-electron chi connectivity index (χ0n) is 10.5. The van der Waals surface area contributed by atoms with Crippen molar-refractivity contribution in [2.45, 2.75) is 26.2 Å². The van der Waals surface area contributed by atoms with Crippen LogP contribution in [0.3, 0.4) is 0 Å². The number of benzene rings is 1. The molecule has 5 heteroatoms. The molecule has 0 saturated heterocycles. The molecule has 0 heterocycles. The van der Waals surface area contributed by atoms with E-state index >= 15 is 0 Å². The Bertz CT molecular complexity index is 424. The Kier molecular flexibility index (Phi) is 5.73. The van der Waals surface area contributed by atoms with Gasteiger partial charge in [-0.3, -0.25) is 9.36 Å². The van der Waals surface area contributed by atoms with Crippen LogP contribution < -0.4 is 0 Å². The van der Waals surface area contributed by atoms with E-state index in [1.165, 1.54) is 5.56 Å². The Morgan fingerprint density at radius 2 is 1.89 bits per heavy atom. The molecular weight excluding hydrogens is 251 g/mol. The van der Waals surface area contributed by atoms with Crippen LogP contribution in [0.5, 0.6) is 0 Å². The van der Waals surface area contributed by atoms with Gasteiger partial charge in [0.05, 0.1) is 0 Å². The van der Waals surface area contributed by atoms with Crippen molar-refractivity contribution in [2.24, 2.45) is 5.92 Å². The van der Waals surface area contributed by atoms with Crippen molar-refractivity contribution in [3.63, 3.8) is 0 Å². The van der Waals surface area contributed by atoms with E-state index in [1.807, 2.05) is 30.3 Å². The highest BCUT2D eigenvalue weighted by Crippen LogP contribution is 2.35. The van der Waals surface area contributed by atoms with Gasteiger partial charge in [-0.1, -0.05) is 37.3 Å². The van der Waals surface area contributed by atoms with Gasteiger partial charge in [-0.05, 0) is 24.8 Å². The normalized spacial score (nSPS) is 13.3. The van der Waals surface area contributed by atoms with Crippen molar-refractivity contribution < 1.29 is 19.1 Å². The Balaban J connectivity index is 2.31. The molecule has 1 aromatic carbocycles. The predicted molar refractivity (Wildman–Crippen MR) is 70.5 cm³/mol. The molecular formula is C13H19O4P. The first-order valence-corrected chi connectivity index (χ1v) is 7.79. The van der Waals surface area contributed by atoms with Gasteiger partial charge >= 0.3 is 7.60 Å². The first-order valence-electron chi connectivity index (χ1n) is 5.99. The summed E-state index contributed by atoms with van der Waals surface area (Å²) in [6, 6.07) is 9.95. The molecule has 0 aliphatic heterocycles. The second-order valence-corrected chi connectivity index (χ2v) is 6.21. The summed E-state index contributed by atoms with van der Waals surface area (Å²) in [6.45, 7) is 1.73. The molecule has 0 bridgehead atoms. The van der Waals surface area contributed by atoms with E-state index in [9.17, 15) is 9.36 Å². The maximum Gasteiger partial charge on any atom is 0.332 e. The van der Waals surface area contributed by atoms with Gasteiger partial charge in [-0.25, -0.2) is 0 Å².